The highest BCUT2D eigenvalue weighted by Gasteiger charge is 2.20. The van der Waals surface area contributed by atoms with E-state index in [-0.39, 0.29) is 12.3 Å². The fourth-order valence-electron chi connectivity index (χ4n) is 2.11. The molecule has 0 aromatic rings. The molecular formula is C12H22N2O4. The lowest BCUT2D eigenvalue weighted by Gasteiger charge is -2.35. The summed E-state index contributed by atoms with van der Waals surface area (Å²) in [4.78, 5) is 25.5. The van der Waals surface area contributed by atoms with E-state index in [1.54, 1.807) is 6.92 Å². The molecule has 1 rings (SSSR count). The van der Waals surface area contributed by atoms with Crippen LogP contribution in [0.25, 0.3) is 0 Å². The predicted molar refractivity (Wildman–Crippen MR) is 66.5 cm³/mol. The third-order valence-corrected chi connectivity index (χ3v) is 3.28. The van der Waals surface area contributed by atoms with E-state index in [1.165, 1.54) is 0 Å². The zero-order valence-corrected chi connectivity index (χ0v) is 10.8. The van der Waals surface area contributed by atoms with Crippen molar-refractivity contribution in [2.75, 3.05) is 39.3 Å². The molecule has 1 aliphatic heterocycles. The van der Waals surface area contributed by atoms with Gasteiger partial charge in [-0.1, -0.05) is 6.92 Å². The number of carbonyl (C=O) groups is 2. The van der Waals surface area contributed by atoms with E-state index >= 15 is 0 Å². The molecule has 0 spiro atoms. The second-order valence-electron chi connectivity index (χ2n) is 4.88. The van der Waals surface area contributed by atoms with Crippen LogP contribution in [0.3, 0.4) is 0 Å². The van der Waals surface area contributed by atoms with Gasteiger partial charge in [-0.25, -0.2) is 0 Å². The number of piperazine rings is 1. The van der Waals surface area contributed by atoms with Crippen LogP contribution in [0.15, 0.2) is 0 Å². The monoisotopic (exact) mass is 258 g/mol. The minimum atomic E-state index is -0.751. The standard InChI is InChI=1S/C12H22N2O4/c1-10(12(17)18)9-14-7-5-13(6-8-14)4-2-3-11(15)16/h10H,2-9H2,1H3,(H,15,16)(H,17,18). The first-order valence-electron chi connectivity index (χ1n) is 6.38. The fraction of sp³-hybridized carbons (Fsp3) is 0.833. The van der Waals surface area contributed by atoms with Crippen LogP contribution in [0.1, 0.15) is 19.8 Å². The van der Waals surface area contributed by atoms with Gasteiger partial charge in [0, 0.05) is 39.1 Å². The van der Waals surface area contributed by atoms with E-state index in [9.17, 15) is 9.59 Å². The van der Waals surface area contributed by atoms with Gasteiger partial charge in [0.25, 0.3) is 0 Å². The van der Waals surface area contributed by atoms with Gasteiger partial charge in [0.1, 0.15) is 0 Å². The van der Waals surface area contributed by atoms with Gasteiger partial charge >= 0.3 is 11.9 Å². The molecule has 2 N–H and O–H groups in total. The number of hydrogen-bond acceptors (Lipinski definition) is 4. The summed E-state index contributed by atoms with van der Waals surface area (Å²) >= 11 is 0. The Balaban J connectivity index is 2.16. The maximum absolute atomic E-state index is 10.7. The SMILES string of the molecule is CC(CN1CCN(CCCC(=O)O)CC1)C(=O)O. The van der Waals surface area contributed by atoms with Crippen molar-refractivity contribution < 1.29 is 19.8 Å². The van der Waals surface area contributed by atoms with Crippen molar-refractivity contribution in [1.82, 2.24) is 9.80 Å². The van der Waals surface area contributed by atoms with Crippen LogP contribution < -0.4 is 0 Å². The molecule has 0 aromatic heterocycles. The van der Waals surface area contributed by atoms with Gasteiger partial charge in [0.15, 0.2) is 0 Å². The summed E-state index contributed by atoms with van der Waals surface area (Å²) in [6.45, 7) is 6.65. The number of carboxylic acids is 2. The molecule has 1 aliphatic rings. The Morgan fingerprint density at radius 3 is 2.17 bits per heavy atom. The minimum absolute atomic E-state index is 0.219. The molecule has 0 aromatic carbocycles. The van der Waals surface area contributed by atoms with Gasteiger partial charge in [0.2, 0.25) is 0 Å². The maximum Gasteiger partial charge on any atom is 0.307 e. The molecular weight excluding hydrogens is 236 g/mol. The summed E-state index contributed by atoms with van der Waals surface area (Å²) in [6, 6.07) is 0. The van der Waals surface area contributed by atoms with E-state index in [1.807, 2.05) is 0 Å². The number of aliphatic carboxylic acids is 2. The summed E-state index contributed by atoms with van der Waals surface area (Å²) in [5, 5.41) is 17.4. The zero-order valence-electron chi connectivity index (χ0n) is 10.8. The molecule has 0 bridgehead atoms. The first-order chi connectivity index (χ1) is 8.49. The normalized spacial score (nSPS) is 19.6. The summed E-state index contributed by atoms with van der Waals surface area (Å²) in [6.07, 6.45) is 0.900. The fourth-order valence-corrected chi connectivity index (χ4v) is 2.11. The van der Waals surface area contributed by atoms with Gasteiger partial charge in [-0.2, -0.15) is 0 Å². The molecule has 6 nitrogen and oxygen atoms in total. The highest BCUT2D eigenvalue weighted by Crippen LogP contribution is 2.07. The molecule has 1 saturated heterocycles. The highest BCUT2D eigenvalue weighted by atomic mass is 16.4. The molecule has 1 fully saturated rings. The van der Waals surface area contributed by atoms with Crippen molar-refractivity contribution in [2.24, 2.45) is 5.92 Å². The predicted octanol–water partition coefficient (Wildman–Crippen LogP) is 0.190. The average Bonchev–Trinajstić information content (AvgIpc) is 2.30. The number of nitrogens with zero attached hydrogens (tertiary/aromatic N) is 2. The summed E-state index contributed by atoms with van der Waals surface area (Å²) in [5.41, 5.74) is 0. The van der Waals surface area contributed by atoms with Crippen LogP contribution in [0.4, 0.5) is 0 Å². The second-order valence-corrected chi connectivity index (χ2v) is 4.88. The van der Waals surface area contributed by atoms with Gasteiger partial charge in [0.05, 0.1) is 5.92 Å². The van der Waals surface area contributed by atoms with Gasteiger partial charge in [-0.15, -0.1) is 0 Å². The minimum Gasteiger partial charge on any atom is -0.481 e. The van der Waals surface area contributed by atoms with E-state index in [2.05, 4.69) is 9.80 Å². The maximum atomic E-state index is 10.7. The lowest BCUT2D eigenvalue weighted by Crippen LogP contribution is -2.48. The van der Waals surface area contributed by atoms with Crippen LogP contribution >= 0.6 is 0 Å². The van der Waals surface area contributed by atoms with Crippen molar-refractivity contribution >= 4 is 11.9 Å². The Bertz CT molecular complexity index is 288. The van der Waals surface area contributed by atoms with Crippen LogP contribution in [0, 0.1) is 5.92 Å². The summed E-state index contributed by atoms with van der Waals surface area (Å²) in [7, 11) is 0. The summed E-state index contributed by atoms with van der Waals surface area (Å²) < 4.78 is 0. The average molecular weight is 258 g/mol. The number of rotatable bonds is 7. The lowest BCUT2D eigenvalue weighted by molar-refractivity contribution is -0.142. The first kappa shape index (κ1) is 14.9. The third-order valence-electron chi connectivity index (χ3n) is 3.28. The van der Waals surface area contributed by atoms with Gasteiger partial charge in [-0.05, 0) is 13.0 Å². The molecule has 6 heteroatoms. The Morgan fingerprint density at radius 2 is 1.67 bits per heavy atom. The van der Waals surface area contributed by atoms with Gasteiger partial charge in [-0.3, -0.25) is 14.5 Å². The van der Waals surface area contributed by atoms with Crippen molar-refractivity contribution in [3.8, 4) is 0 Å². The topological polar surface area (TPSA) is 81.1 Å². The molecule has 1 atom stereocenters. The molecule has 0 saturated carbocycles. The molecule has 0 radical (unpaired) electrons. The number of hydrogen-bond donors (Lipinski definition) is 2. The van der Waals surface area contributed by atoms with E-state index < -0.39 is 11.9 Å². The second kappa shape index (κ2) is 7.33. The lowest BCUT2D eigenvalue weighted by atomic mass is 10.1. The third kappa shape index (κ3) is 5.46. The van der Waals surface area contributed by atoms with Gasteiger partial charge < -0.3 is 15.1 Å². The molecule has 1 unspecified atom stereocenters. The zero-order chi connectivity index (χ0) is 13.5. The van der Waals surface area contributed by atoms with E-state index in [0.29, 0.717) is 13.0 Å². The number of carboxylic acid groups (broad SMARTS) is 2. The largest absolute Gasteiger partial charge is 0.481 e. The molecule has 0 aliphatic carbocycles. The van der Waals surface area contributed by atoms with Crippen LogP contribution in [0.5, 0.6) is 0 Å². The molecule has 0 amide bonds. The molecule has 104 valence electrons. The van der Waals surface area contributed by atoms with Crippen molar-refractivity contribution in [1.29, 1.82) is 0 Å². The molecule has 18 heavy (non-hydrogen) atoms. The van der Waals surface area contributed by atoms with Crippen LogP contribution in [-0.2, 0) is 9.59 Å². The Hall–Kier alpha value is -1.14. The van der Waals surface area contributed by atoms with Crippen LogP contribution in [-0.4, -0.2) is 71.2 Å². The quantitative estimate of drug-likeness (QED) is 0.678. The Morgan fingerprint density at radius 1 is 1.11 bits per heavy atom. The smallest absolute Gasteiger partial charge is 0.307 e. The first-order valence-corrected chi connectivity index (χ1v) is 6.38. The van der Waals surface area contributed by atoms with Crippen LogP contribution in [0.2, 0.25) is 0 Å². The van der Waals surface area contributed by atoms with Crippen molar-refractivity contribution in [3.63, 3.8) is 0 Å². The Kier molecular flexibility index (Phi) is 6.07. The van der Waals surface area contributed by atoms with E-state index in [4.69, 9.17) is 10.2 Å². The van der Waals surface area contributed by atoms with Crippen molar-refractivity contribution in [2.45, 2.75) is 19.8 Å². The molecule has 1 heterocycles. The highest BCUT2D eigenvalue weighted by molar-refractivity contribution is 5.69. The van der Waals surface area contributed by atoms with E-state index in [0.717, 1.165) is 32.7 Å². The summed E-state index contributed by atoms with van der Waals surface area (Å²) in [5.74, 6) is -1.83. The Labute approximate surface area is 107 Å². The van der Waals surface area contributed by atoms with Crippen molar-refractivity contribution in [3.05, 3.63) is 0 Å².